The molecule has 0 saturated heterocycles. The maximum atomic E-state index is 12.5. The van der Waals surface area contributed by atoms with Crippen molar-refractivity contribution >= 4 is 17.5 Å². The molecule has 5 heteroatoms. The van der Waals surface area contributed by atoms with Crippen molar-refractivity contribution in [3.63, 3.8) is 0 Å². The molecule has 5 N–H and O–H groups in total. The monoisotopic (exact) mass is 313 g/mol. The first kappa shape index (κ1) is 14.5. The Kier molecular flexibility index (Phi) is 3.15. The van der Waals surface area contributed by atoms with Crippen LogP contribution in [0.4, 0.5) is 5.69 Å². The summed E-state index contributed by atoms with van der Waals surface area (Å²) < 4.78 is 0. The fourth-order valence-corrected chi connectivity index (χ4v) is 5.48. The van der Waals surface area contributed by atoms with Gasteiger partial charge in [0.15, 0.2) is 0 Å². The van der Waals surface area contributed by atoms with Crippen LogP contribution in [0.5, 0.6) is 0 Å². The summed E-state index contributed by atoms with van der Waals surface area (Å²) in [5.74, 6) is 1.14. The number of amides is 2. The molecule has 1 aromatic rings. The molecule has 2 unspecified atom stereocenters. The summed E-state index contributed by atoms with van der Waals surface area (Å²) in [5, 5.41) is 3.22. The van der Waals surface area contributed by atoms with E-state index in [-0.39, 0.29) is 23.3 Å². The average molecular weight is 313 g/mol. The lowest BCUT2D eigenvalue weighted by Gasteiger charge is -2.58. The molecular weight excluding hydrogens is 290 g/mol. The van der Waals surface area contributed by atoms with Crippen LogP contribution in [0.1, 0.15) is 42.5 Å². The number of anilines is 1. The van der Waals surface area contributed by atoms with E-state index in [4.69, 9.17) is 11.5 Å². The van der Waals surface area contributed by atoms with Gasteiger partial charge in [-0.2, -0.15) is 0 Å². The van der Waals surface area contributed by atoms with E-state index in [0.29, 0.717) is 29.0 Å². The van der Waals surface area contributed by atoms with Crippen LogP contribution in [0.15, 0.2) is 24.3 Å². The van der Waals surface area contributed by atoms with E-state index < -0.39 is 0 Å². The molecular formula is C18H23N3O2. The minimum atomic E-state index is -0.311. The van der Waals surface area contributed by atoms with Gasteiger partial charge in [0.05, 0.1) is 0 Å². The van der Waals surface area contributed by atoms with Crippen LogP contribution in [-0.2, 0) is 4.79 Å². The SMILES string of the molecule is NC(=O)C12CC3CC(C1)C(NC(=O)c1cccc(N)c1)C(C3)C2. The van der Waals surface area contributed by atoms with Gasteiger partial charge in [0.25, 0.3) is 5.91 Å². The van der Waals surface area contributed by atoms with Gasteiger partial charge in [0.2, 0.25) is 5.91 Å². The molecule has 4 saturated carbocycles. The number of nitrogens with one attached hydrogen (secondary N) is 1. The van der Waals surface area contributed by atoms with Gasteiger partial charge in [0, 0.05) is 22.7 Å². The number of carbonyl (C=O) groups excluding carboxylic acids is 2. The molecule has 2 atom stereocenters. The summed E-state index contributed by atoms with van der Waals surface area (Å²) in [6, 6.07) is 7.22. The number of rotatable bonds is 3. The highest BCUT2D eigenvalue weighted by atomic mass is 16.2. The zero-order valence-electron chi connectivity index (χ0n) is 13.1. The maximum Gasteiger partial charge on any atom is 0.251 e. The van der Waals surface area contributed by atoms with Crippen molar-refractivity contribution in [2.45, 2.75) is 38.1 Å². The highest BCUT2D eigenvalue weighted by molar-refractivity contribution is 5.95. The van der Waals surface area contributed by atoms with Gasteiger partial charge in [-0.25, -0.2) is 0 Å². The first-order valence-electron chi connectivity index (χ1n) is 8.43. The number of nitrogens with two attached hydrogens (primary N) is 2. The minimum Gasteiger partial charge on any atom is -0.399 e. The van der Waals surface area contributed by atoms with Gasteiger partial charge < -0.3 is 16.8 Å². The Hall–Kier alpha value is -2.04. The zero-order valence-corrected chi connectivity index (χ0v) is 13.1. The predicted octanol–water partition coefficient (Wildman–Crippen LogP) is 1.68. The van der Waals surface area contributed by atoms with Crippen LogP contribution in [0.2, 0.25) is 0 Å². The molecule has 4 fully saturated rings. The number of nitrogen functional groups attached to an aromatic ring is 1. The Bertz CT molecular complexity index is 656. The molecule has 0 aliphatic heterocycles. The second-order valence-corrected chi connectivity index (χ2v) is 7.74. The third-order valence-corrected chi connectivity index (χ3v) is 6.24. The van der Waals surface area contributed by atoms with E-state index in [0.717, 1.165) is 32.1 Å². The molecule has 5 rings (SSSR count). The zero-order chi connectivity index (χ0) is 16.2. The lowest BCUT2D eigenvalue weighted by molar-refractivity contribution is -0.145. The molecule has 0 spiro atoms. The molecule has 122 valence electrons. The summed E-state index contributed by atoms with van der Waals surface area (Å²) in [5.41, 5.74) is 12.4. The third-order valence-electron chi connectivity index (χ3n) is 6.24. The Morgan fingerprint density at radius 3 is 2.43 bits per heavy atom. The summed E-state index contributed by atoms with van der Waals surface area (Å²) in [7, 11) is 0. The van der Waals surface area contributed by atoms with Crippen molar-refractivity contribution in [1.82, 2.24) is 5.32 Å². The number of hydrogen-bond acceptors (Lipinski definition) is 3. The molecule has 4 bridgehead atoms. The molecule has 0 radical (unpaired) electrons. The van der Waals surface area contributed by atoms with Crippen LogP contribution in [-0.4, -0.2) is 17.9 Å². The summed E-state index contributed by atoms with van der Waals surface area (Å²) in [4.78, 5) is 24.5. The Morgan fingerprint density at radius 2 is 1.83 bits per heavy atom. The van der Waals surface area contributed by atoms with Gasteiger partial charge in [-0.05, 0) is 68.1 Å². The average Bonchev–Trinajstić information content (AvgIpc) is 2.50. The second kappa shape index (κ2) is 4.98. The largest absolute Gasteiger partial charge is 0.399 e. The molecule has 2 amide bonds. The van der Waals surface area contributed by atoms with E-state index >= 15 is 0 Å². The van der Waals surface area contributed by atoms with Crippen molar-refractivity contribution in [1.29, 1.82) is 0 Å². The van der Waals surface area contributed by atoms with Crippen molar-refractivity contribution in [3.8, 4) is 0 Å². The van der Waals surface area contributed by atoms with Gasteiger partial charge in [-0.15, -0.1) is 0 Å². The number of hydrogen-bond donors (Lipinski definition) is 3. The third kappa shape index (κ3) is 2.30. The standard InChI is InChI=1S/C18H23N3O2/c19-14-3-1-2-11(6-14)16(22)21-15-12-4-10-5-13(15)9-18(7-10,8-12)17(20)23/h1-3,6,10,12-13,15H,4-5,7-9,19H2,(H2,20,23)(H,21,22). The van der Waals surface area contributed by atoms with Crippen molar-refractivity contribution < 1.29 is 9.59 Å². The quantitative estimate of drug-likeness (QED) is 0.740. The molecule has 0 aromatic heterocycles. The molecule has 4 aliphatic carbocycles. The van der Waals surface area contributed by atoms with Gasteiger partial charge in [-0.3, -0.25) is 9.59 Å². The first-order chi connectivity index (χ1) is 11.0. The second-order valence-electron chi connectivity index (χ2n) is 7.74. The number of primary amides is 1. The van der Waals surface area contributed by atoms with E-state index in [2.05, 4.69) is 5.32 Å². The van der Waals surface area contributed by atoms with Crippen LogP contribution in [0.3, 0.4) is 0 Å². The minimum absolute atomic E-state index is 0.0668. The number of carbonyl (C=O) groups is 2. The van der Waals surface area contributed by atoms with Crippen LogP contribution >= 0.6 is 0 Å². The van der Waals surface area contributed by atoms with Crippen molar-refractivity contribution in [2.24, 2.45) is 28.9 Å². The first-order valence-corrected chi connectivity index (χ1v) is 8.43. The highest BCUT2D eigenvalue weighted by Gasteiger charge is 2.58. The van der Waals surface area contributed by atoms with E-state index in [9.17, 15) is 9.59 Å². The lowest BCUT2D eigenvalue weighted by atomic mass is 9.47. The predicted molar refractivity (Wildman–Crippen MR) is 87.3 cm³/mol. The maximum absolute atomic E-state index is 12.5. The molecule has 4 aliphatic rings. The van der Waals surface area contributed by atoms with Gasteiger partial charge in [-0.1, -0.05) is 6.07 Å². The highest BCUT2D eigenvalue weighted by Crippen LogP contribution is 2.59. The van der Waals surface area contributed by atoms with Gasteiger partial charge in [0.1, 0.15) is 0 Å². The Morgan fingerprint density at radius 1 is 1.13 bits per heavy atom. The van der Waals surface area contributed by atoms with E-state index in [1.54, 1.807) is 24.3 Å². The van der Waals surface area contributed by atoms with Crippen molar-refractivity contribution in [3.05, 3.63) is 29.8 Å². The van der Waals surface area contributed by atoms with Crippen molar-refractivity contribution in [2.75, 3.05) is 5.73 Å². The summed E-state index contributed by atoms with van der Waals surface area (Å²) >= 11 is 0. The summed E-state index contributed by atoms with van der Waals surface area (Å²) in [6.07, 6.45) is 4.82. The van der Waals surface area contributed by atoms with E-state index in [1.165, 1.54) is 0 Å². The number of benzene rings is 1. The lowest BCUT2D eigenvalue weighted by Crippen LogP contribution is -2.62. The van der Waals surface area contributed by atoms with E-state index in [1.807, 2.05) is 0 Å². The van der Waals surface area contributed by atoms with Crippen LogP contribution in [0.25, 0.3) is 0 Å². The smallest absolute Gasteiger partial charge is 0.251 e. The Labute approximate surface area is 135 Å². The molecule has 0 heterocycles. The fourth-order valence-electron chi connectivity index (χ4n) is 5.48. The normalized spacial score (nSPS) is 37.6. The van der Waals surface area contributed by atoms with Crippen LogP contribution in [0, 0.1) is 23.2 Å². The fraction of sp³-hybridized carbons (Fsp3) is 0.556. The van der Waals surface area contributed by atoms with Crippen LogP contribution < -0.4 is 16.8 Å². The van der Waals surface area contributed by atoms with Gasteiger partial charge >= 0.3 is 0 Å². The molecule has 5 nitrogen and oxygen atoms in total. The molecule has 23 heavy (non-hydrogen) atoms. The Balaban J connectivity index is 1.53. The molecule has 1 aromatic carbocycles. The summed E-state index contributed by atoms with van der Waals surface area (Å²) in [6.45, 7) is 0. The topological polar surface area (TPSA) is 98.2 Å².